The van der Waals surface area contributed by atoms with E-state index < -0.39 is 5.62 Å². The second kappa shape index (κ2) is 6.78. The van der Waals surface area contributed by atoms with Crippen LogP contribution in [0.3, 0.4) is 0 Å². The molecule has 0 bridgehead atoms. The number of halogens is 2. The lowest BCUT2D eigenvalue weighted by atomic mass is 10.00. The van der Waals surface area contributed by atoms with Gasteiger partial charge >= 0.3 is 0 Å². The molecule has 6 heteroatoms. The molecule has 1 aliphatic heterocycles. The Hall–Kier alpha value is -2.30. The van der Waals surface area contributed by atoms with Crippen molar-refractivity contribution in [3.8, 4) is 11.1 Å². The van der Waals surface area contributed by atoms with Crippen molar-refractivity contribution in [2.75, 3.05) is 4.90 Å². The van der Waals surface area contributed by atoms with Crippen molar-refractivity contribution in [1.82, 2.24) is 5.16 Å². The van der Waals surface area contributed by atoms with Crippen LogP contribution in [0.25, 0.3) is 11.1 Å². The lowest BCUT2D eigenvalue weighted by Crippen LogP contribution is -2.32. The maximum absolute atomic E-state index is 6.46. The third kappa shape index (κ3) is 3.11. The van der Waals surface area contributed by atoms with Crippen LogP contribution < -0.4 is 4.90 Å². The van der Waals surface area contributed by atoms with Crippen LogP contribution >= 0.6 is 23.2 Å². The van der Waals surface area contributed by atoms with E-state index in [1.807, 2.05) is 44.3 Å². The van der Waals surface area contributed by atoms with E-state index in [1.54, 1.807) is 0 Å². The van der Waals surface area contributed by atoms with Gasteiger partial charge in [-0.2, -0.15) is 0 Å². The van der Waals surface area contributed by atoms with Crippen LogP contribution in [0.1, 0.15) is 22.6 Å². The number of hydrogen-bond acceptors (Lipinski definition) is 4. The summed E-state index contributed by atoms with van der Waals surface area (Å²) in [6.07, 6.45) is 1.82. The van der Waals surface area contributed by atoms with E-state index >= 15 is 0 Å². The minimum atomic E-state index is -0.452. The number of aliphatic imine (C=N–C) groups is 1. The molecule has 1 aromatic heterocycles. The molecule has 0 aliphatic carbocycles. The number of nitrogens with zero attached hydrogens (tertiary/aromatic N) is 3. The van der Waals surface area contributed by atoms with Gasteiger partial charge in [0.2, 0.25) is 0 Å². The lowest BCUT2D eigenvalue weighted by Gasteiger charge is -2.32. The average Bonchev–Trinajstić information content (AvgIpc) is 2.96. The Bertz CT molecular complexity index is 977. The number of rotatable bonds is 3. The first-order valence-corrected chi connectivity index (χ1v) is 9.10. The molecule has 1 aliphatic rings. The van der Waals surface area contributed by atoms with E-state index in [-0.39, 0.29) is 0 Å². The lowest BCUT2D eigenvalue weighted by molar-refractivity contribution is 0.393. The average molecular weight is 386 g/mol. The molecule has 0 radical (unpaired) electrons. The number of aryl methyl sites for hydroxylation is 2. The molecular formula is C20H17Cl2N3O. The second-order valence-electron chi connectivity index (χ2n) is 6.32. The minimum absolute atomic E-state index is 0.452. The zero-order valence-electron chi connectivity index (χ0n) is 14.4. The predicted octanol–water partition coefficient (Wildman–Crippen LogP) is 5.57. The summed E-state index contributed by atoms with van der Waals surface area (Å²) < 4.78 is 5.29. The highest BCUT2D eigenvalue weighted by Gasteiger charge is 2.23. The van der Waals surface area contributed by atoms with E-state index in [9.17, 15) is 0 Å². The number of alkyl halides is 1. The first-order chi connectivity index (χ1) is 12.5. The summed E-state index contributed by atoms with van der Waals surface area (Å²) in [6, 6.07) is 14.0. The third-order valence-corrected chi connectivity index (χ3v) is 5.08. The van der Waals surface area contributed by atoms with Crippen molar-refractivity contribution in [3.63, 3.8) is 0 Å². The minimum Gasteiger partial charge on any atom is -0.361 e. The van der Waals surface area contributed by atoms with Gasteiger partial charge in [-0.1, -0.05) is 46.6 Å². The number of aromatic nitrogens is 1. The summed E-state index contributed by atoms with van der Waals surface area (Å²) in [5.74, 6) is 0.807. The molecule has 0 spiro atoms. The Balaban J connectivity index is 1.72. The SMILES string of the molecule is Cc1noc(C)c1-c1ccc2c(c1)C=NC(Cl)N2Cc1cccc(Cl)c1. The number of hydrogen-bond donors (Lipinski definition) is 0. The molecule has 1 unspecified atom stereocenters. The third-order valence-electron chi connectivity index (χ3n) is 4.49. The molecule has 0 N–H and O–H groups in total. The molecule has 26 heavy (non-hydrogen) atoms. The fraction of sp³-hybridized carbons (Fsp3) is 0.200. The Morgan fingerprint density at radius 3 is 2.73 bits per heavy atom. The summed E-state index contributed by atoms with van der Waals surface area (Å²) in [5, 5.41) is 4.75. The van der Waals surface area contributed by atoms with Gasteiger partial charge in [0.1, 0.15) is 5.76 Å². The Morgan fingerprint density at radius 2 is 2.00 bits per heavy atom. The summed E-state index contributed by atoms with van der Waals surface area (Å²) in [4.78, 5) is 6.49. The van der Waals surface area contributed by atoms with Crippen molar-refractivity contribution in [2.45, 2.75) is 26.0 Å². The molecule has 0 amide bonds. The fourth-order valence-electron chi connectivity index (χ4n) is 3.30. The normalized spacial score (nSPS) is 16.0. The van der Waals surface area contributed by atoms with Crippen molar-refractivity contribution in [2.24, 2.45) is 4.99 Å². The predicted molar refractivity (Wildman–Crippen MR) is 106 cm³/mol. The van der Waals surface area contributed by atoms with Crippen molar-refractivity contribution < 1.29 is 4.52 Å². The van der Waals surface area contributed by atoms with E-state index in [0.717, 1.165) is 39.4 Å². The molecule has 2 aromatic carbocycles. The van der Waals surface area contributed by atoms with Crippen LogP contribution in [0.4, 0.5) is 5.69 Å². The van der Waals surface area contributed by atoms with Gasteiger partial charge in [0.25, 0.3) is 0 Å². The van der Waals surface area contributed by atoms with Crippen LogP contribution in [-0.2, 0) is 6.54 Å². The monoisotopic (exact) mass is 385 g/mol. The molecule has 132 valence electrons. The fourth-order valence-corrected chi connectivity index (χ4v) is 3.74. The topological polar surface area (TPSA) is 41.6 Å². The van der Waals surface area contributed by atoms with Gasteiger partial charge < -0.3 is 9.42 Å². The molecule has 4 rings (SSSR count). The molecule has 2 heterocycles. The number of fused-ring (bicyclic) bond motifs is 1. The number of anilines is 1. The summed E-state index contributed by atoms with van der Waals surface area (Å²) >= 11 is 12.6. The van der Waals surface area contributed by atoms with Gasteiger partial charge in [-0.05, 0) is 49.2 Å². The molecule has 1 atom stereocenters. The van der Waals surface area contributed by atoms with Crippen LogP contribution in [0.2, 0.25) is 5.02 Å². The van der Waals surface area contributed by atoms with E-state index in [1.165, 1.54) is 0 Å². The second-order valence-corrected chi connectivity index (χ2v) is 7.15. The van der Waals surface area contributed by atoms with Crippen LogP contribution in [0, 0.1) is 13.8 Å². The Kier molecular flexibility index (Phi) is 4.47. The maximum atomic E-state index is 6.46. The maximum Gasteiger partial charge on any atom is 0.198 e. The highest BCUT2D eigenvalue weighted by atomic mass is 35.5. The smallest absolute Gasteiger partial charge is 0.198 e. The zero-order chi connectivity index (χ0) is 18.3. The molecule has 0 saturated heterocycles. The molecule has 0 fully saturated rings. The van der Waals surface area contributed by atoms with Gasteiger partial charge in [-0.3, -0.25) is 4.99 Å². The first-order valence-electron chi connectivity index (χ1n) is 8.28. The van der Waals surface area contributed by atoms with Crippen LogP contribution in [0.5, 0.6) is 0 Å². The molecule has 0 saturated carbocycles. The van der Waals surface area contributed by atoms with Crippen molar-refractivity contribution >= 4 is 35.1 Å². The highest BCUT2D eigenvalue weighted by Crippen LogP contribution is 2.34. The van der Waals surface area contributed by atoms with Crippen LogP contribution in [0.15, 0.2) is 52.0 Å². The van der Waals surface area contributed by atoms with Gasteiger partial charge in [0.15, 0.2) is 5.62 Å². The van der Waals surface area contributed by atoms with Gasteiger partial charge in [0, 0.05) is 34.6 Å². The van der Waals surface area contributed by atoms with Crippen molar-refractivity contribution in [1.29, 1.82) is 0 Å². The van der Waals surface area contributed by atoms with E-state index in [4.69, 9.17) is 27.7 Å². The number of benzene rings is 2. The van der Waals surface area contributed by atoms with Gasteiger partial charge in [-0.15, -0.1) is 0 Å². The quantitative estimate of drug-likeness (QED) is 0.436. The zero-order valence-corrected chi connectivity index (χ0v) is 15.9. The first kappa shape index (κ1) is 17.1. The van der Waals surface area contributed by atoms with E-state index in [2.05, 4.69) is 33.2 Å². The van der Waals surface area contributed by atoms with Gasteiger partial charge in [0.05, 0.1) is 5.69 Å². The summed E-state index contributed by atoms with van der Waals surface area (Å²) in [6.45, 7) is 4.49. The molecule has 4 nitrogen and oxygen atoms in total. The van der Waals surface area contributed by atoms with E-state index in [0.29, 0.717) is 11.6 Å². The van der Waals surface area contributed by atoms with Crippen LogP contribution in [-0.4, -0.2) is 17.0 Å². The largest absolute Gasteiger partial charge is 0.361 e. The van der Waals surface area contributed by atoms with Gasteiger partial charge in [-0.25, -0.2) is 0 Å². The molecule has 3 aromatic rings. The Labute approximate surface area is 162 Å². The highest BCUT2D eigenvalue weighted by molar-refractivity contribution is 6.30. The Morgan fingerprint density at radius 1 is 1.15 bits per heavy atom. The standard InChI is InChI=1S/C20H17Cl2N3O/c1-12-19(13(2)26-24-12)15-6-7-18-16(9-15)10-23-20(22)25(18)11-14-4-3-5-17(21)8-14/h3-10,20H,11H2,1-2H3. The van der Waals surface area contributed by atoms with Crippen molar-refractivity contribution in [3.05, 3.63) is 70.1 Å². The summed E-state index contributed by atoms with van der Waals surface area (Å²) in [7, 11) is 0. The molecular weight excluding hydrogens is 369 g/mol. The summed E-state index contributed by atoms with van der Waals surface area (Å²) in [5.41, 5.74) is 5.64.